The Labute approximate surface area is 248 Å². The van der Waals surface area contributed by atoms with E-state index >= 15 is 0 Å². The highest BCUT2D eigenvalue weighted by Gasteiger charge is 2.26. The van der Waals surface area contributed by atoms with Gasteiger partial charge in [0.1, 0.15) is 18.2 Å². The molecule has 10 nitrogen and oxygen atoms in total. The number of hydrogen-bond acceptors (Lipinski definition) is 9. The molecule has 2 aromatic carbocycles. The van der Waals surface area contributed by atoms with Gasteiger partial charge in [0.25, 0.3) is 0 Å². The molecular formula is C32H31FN6O4. The number of halogens is 1. The number of pyridine rings is 1. The molecule has 2 aromatic heterocycles. The van der Waals surface area contributed by atoms with Crippen LogP contribution in [0, 0.1) is 17.1 Å². The number of aromatic nitrogens is 3. The van der Waals surface area contributed by atoms with Crippen molar-refractivity contribution in [3.63, 3.8) is 0 Å². The number of hydrogen-bond donors (Lipinski definition) is 0. The minimum atomic E-state index is -0.482. The van der Waals surface area contributed by atoms with Crippen LogP contribution in [0.25, 0.3) is 16.6 Å². The minimum Gasteiger partial charge on any atom is -0.473 e. The number of ether oxygens (including phenoxy) is 3. The van der Waals surface area contributed by atoms with Gasteiger partial charge in [0.2, 0.25) is 5.88 Å². The number of imidazole rings is 1. The number of esters is 1. The minimum absolute atomic E-state index is 0.00867. The highest BCUT2D eigenvalue weighted by Crippen LogP contribution is 2.26. The Kier molecular flexibility index (Phi) is 8.16. The Morgan fingerprint density at radius 2 is 2.05 bits per heavy atom. The summed E-state index contributed by atoms with van der Waals surface area (Å²) in [5, 5.41) is 13.3. The van der Waals surface area contributed by atoms with E-state index < -0.39 is 5.82 Å². The first-order chi connectivity index (χ1) is 20.9. The zero-order chi connectivity index (χ0) is 29.9. The molecule has 0 amide bonds. The summed E-state index contributed by atoms with van der Waals surface area (Å²) in [5.74, 6) is 0.420. The Balaban J connectivity index is 1.17. The number of likely N-dealkylation sites (N-methyl/N-ethyl adjacent to an activating group) is 1. The molecule has 1 fully saturated rings. The lowest BCUT2D eigenvalue weighted by molar-refractivity contribution is -0.0599. The summed E-state index contributed by atoms with van der Waals surface area (Å²) in [7, 11) is 3.40. The molecule has 1 saturated heterocycles. The van der Waals surface area contributed by atoms with Crippen LogP contribution in [-0.2, 0) is 29.2 Å². The quantitative estimate of drug-likeness (QED) is 0.267. The average Bonchev–Trinajstić information content (AvgIpc) is 3.34. The number of nitrogens with zero attached hydrogens (tertiary/aromatic N) is 6. The lowest BCUT2D eigenvalue weighted by Gasteiger charge is -2.35. The van der Waals surface area contributed by atoms with E-state index in [0.29, 0.717) is 43.2 Å². The molecule has 1 atom stereocenters. The Morgan fingerprint density at radius 1 is 1.19 bits per heavy atom. The summed E-state index contributed by atoms with van der Waals surface area (Å²) in [6.45, 7) is 3.27. The summed E-state index contributed by atoms with van der Waals surface area (Å²) in [6.07, 6.45) is 3.26. The fourth-order valence-corrected chi connectivity index (χ4v) is 5.23. The van der Waals surface area contributed by atoms with Gasteiger partial charge in [0.05, 0.1) is 60.2 Å². The highest BCUT2D eigenvalue weighted by atomic mass is 19.1. The second-order valence-corrected chi connectivity index (χ2v) is 10.6. The number of methoxy groups -OCH3 is 1. The van der Waals surface area contributed by atoms with E-state index in [9.17, 15) is 9.18 Å². The van der Waals surface area contributed by atoms with Crippen LogP contribution in [0.2, 0.25) is 0 Å². The number of carbonyl (C=O) groups is 1. The second kappa shape index (κ2) is 12.3. The number of rotatable bonds is 9. The van der Waals surface area contributed by atoms with Crippen LogP contribution in [0.15, 0.2) is 60.7 Å². The molecule has 4 heterocycles. The Hall–Kier alpha value is -4.63. The summed E-state index contributed by atoms with van der Waals surface area (Å²) in [6, 6.07) is 17.2. The Morgan fingerprint density at radius 3 is 2.77 bits per heavy atom. The van der Waals surface area contributed by atoms with Crippen molar-refractivity contribution in [1.82, 2.24) is 24.6 Å². The molecule has 0 aliphatic carbocycles. The number of benzene rings is 2. The predicted molar refractivity (Wildman–Crippen MR) is 156 cm³/mol. The molecule has 0 bridgehead atoms. The van der Waals surface area contributed by atoms with Crippen molar-refractivity contribution >= 4 is 22.6 Å². The van der Waals surface area contributed by atoms with Crippen LogP contribution in [0.4, 0.5) is 4.39 Å². The van der Waals surface area contributed by atoms with E-state index in [1.54, 1.807) is 24.3 Å². The van der Waals surface area contributed by atoms with Crippen molar-refractivity contribution < 1.29 is 23.4 Å². The third kappa shape index (κ3) is 6.12. The van der Waals surface area contributed by atoms with Crippen LogP contribution in [0.3, 0.4) is 0 Å². The van der Waals surface area contributed by atoms with E-state index in [-0.39, 0.29) is 24.2 Å². The monoisotopic (exact) mass is 582 g/mol. The number of hydrazine groups is 1. The average molecular weight is 583 g/mol. The molecule has 220 valence electrons. The summed E-state index contributed by atoms with van der Waals surface area (Å²) >= 11 is 0. The molecule has 0 N–H and O–H groups in total. The third-order valence-electron chi connectivity index (χ3n) is 7.79. The smallest absolute Gasteiger partial charge is 0.337 e. The molecule has 0 radical (unpaired) electrons. The van der Waals surface area contributed by atoms with Crippen LogP contribution >= 0.6 is 0 Å². The van der Waals surface area contributed by atoms with Gasteiger partial charge in [-0.15, -0.1) is 0 Å². The summed E-state index contributed by atoms with van der Waals surface area (Å²) in [5.41, 5.74) is 4.64. The molecule has 2 aliphatic rings. The van der Waals surface area contributed by atoms with E-state index in [2.05, 4.69) is 25.6 Å². The molecule has 0 spiro atoms. The van der Waals surface area contributed by atoms with E-state index in [1.165, 1.54) is 13.2 Å². The van der Waals surface area contributed by atoms with Crippen LogP contribution in [-0.4, -0.2) is 70.5 Å². The fraction of sp³-hybridized carbons (Fsp3) is 0.312. The molecule has 2 aliphatic heterocycles. The van der Waals surface area contributed by atoms with Crippen molar-refractivity contribution in [2.24, 2.45) is 0 Å². The van der Waals surface area contributed by atoms with Gasteiger partial charge in [-0.3, -0.25) is 0 Å². The van der Waals surface area contributed by atoms with Gasteiger partial charge in [-0.1, -0.05) is 18.2 Å². The molecule has 6 rings (SSSR count). The highest BCUT2D eigenvalue weighted by molar-refractivity contribution is 5.93. The first kappa shape index (κ1) is 28.5. The van der Waals surface area contributed by atoms with Gasteiger partial charge >= 0.3 is 5.97 Å². The van der Waals surface area contributed by atoms with Gasteiger partial charge in [-0.25, -0.2) is 29.2 Å². The van der Waals surface area contributed by atoms with Gasteiger partial charge in [-0.2, -0.15) is 5.26 Å². The summed E-state index contributed by atoms with van der Waals surface area (Å²) < 4.78 is 32.9. The molecule has 11 heteroatoms. The maximum Gasteiger partial charge on any atom is 0.337 e. The molecule has 0 saturated carbocycles. The molecule has 43 heavy (non-hydrogen) atoms. The topological polar surface area (TPSA) is 106 Å². The van der Waals surface area contributed by atoms with Crippen molar-refractivity contribution in [2.45, 2.75) is 32.2 Å². The van der Waals surface area contributed by atoms with Crippen LogP contribution in [0.1, 0.15) is 39.4 Å². The maximum atomic E-state index is 14.3. The molecule has 4 aromatic rings. The SMILES string of the molecule is COC(=O)c1ccc2nc(CN3CC=C(c4cccc(OCc5ccc(C#N)cc5F)n4)CN3C)n(C[C@@H]3CCO3)c2c1. The van der Waals surface area contributed by atoms with Crippen molar-refractivity contribution in [3.05, 3.63) is 94.7 Å². The van der Waals surface area contributed by atoms with Gasteiger partial charge in [0, 0.05) is 38.4 Å². The standard InChI is InChI=1S/C32H31FN6O4/c1-37-17-23(27-4-3-5-31(36-27)43-20-24-7-6-21(16-34)14-26(24)33)10-12-38(37)19-30-35-28-9-8-22(32(40)41-2)15-29(28)39(30)18-25-11-13-42-25/h3-10,14-15,25H,11-13,17-20H2,1-2H3/t25-/m0/s1. The van der Waals surface area contributed by atoms with Gasteiger partial charge in [0.15, 0.2) is 0 Å². The van der Waals surface area contributed by atoms with Crippen molar-refractivity contribution in [3.8, 4) is 11.9 Å². The van der Waals surface area contributed by atoms with E-state index in [4.69, 9.17) is 24.5 Å². The lowest BCUT2D eigenvalue weighted by Crippen LogP contribution is -2.44. The zero-order valence-corrected chi connectivity index (χ0v) is 24.0. The van der Waals surface area contributed by atoms with Crippen molar-refractivity contribution in [2.75, 3.05) is 33.9 Å². The van der Waals surface area contributed by atoms with E-state index in [1.807, 2.05) is 37.4 Å². The molecular weight excluding hydrogens is 551 g/mol. The van der Waals surface area contributed by atoms with Crippen LogP contribution in [0.5, 0.6) is 5.88 Å². The fourth-order valence-electron chi connectivity index (χ4n) is 5.23. The van der Waals surface area contributed by atoms with E-state index in [0.717, 1.165) is 41.2 Å². The summed E-state index contributed by atoms with van der Waals surface area (Å²) in [4.78, 5) is 21.8. The first-order valence-corrected chi connectivity index (χ1v) is 14.0. The second-order valence-electron chi connectivity index (χ2n) is 10.6. The lowest BCUT2D eigenvalue weighted by atomic mass is 10.1. The first-order valence-electron chi connectivity index (χ1n) is 14.0. The maximum absolute atomic E-state index is 14.3. The van der Waals surface area contributed by atoms with Crippen LogP contribution < -0.4 is 4.74 Å². The normalized spacial score (nSPS) is 17.3. The van der Waals surface area contributed by atoms with Gasteiger partial charge in [-0.05, 0) is 48.4 Å². The number of fused-ring (bicyclic) bond motifs is 1. The number of carbonyl (C=O) groups excluding carboxylic acids is 1. The predicted octanol–water partition coefficient (Wildman–Crippen LogP) is 4.34. The van der Waals surface area contributed by atoms with Gasteiger partial charge < -0.3 is 18.8 Å². The Bertz CT molecular complexity index is 1740. The number of nitriles is 1. The molecule has 0 unspecified atom stereocenters. The zero-order valence-electron chi connectivity index (χ0n) is 24.0. The largest absolute Gasteiger partial charge is 0.473 e. The third-order valence-corrected chi connectivity index (χ3v) is 7.79. The van der Waals surface area contributed by atoms with Crippen molar-refractivity contribution in [1.29, 1.82) is 5.26 Å².